The first kappa shape index (κ1) is 11.9. The normalized spacial score (nSPS) is 36.8. The number of ether oxygens (including phenoxy) is 1. The summed E-state index contributed by atoms with van der Waals surface area (Å²) in [6.07, 6.45) is 1.17. The molecule has 1 N–H and O–H groups in total. The summed E-state index contributed by atoms with van der Waals surface area (Å²) in [5.74, 6) is 0.548. The predicted molar refractivity (Wildman–Crippen MR) is 62.2 cm³/mol. The van der Waals surface area contributed by atoms with Crippen molar-refractivity contribution in [3.8, 4) is 0 Å². The third-order valence-corrected chi connectivity index (χ3v) is 3.98. The maximum atomic E-state index is 11.1. The van der Waals surface area contributed by atoms with Crippen LogP contribution in [-0.4, -0.2) is 48.7 Å². The SMILES string of the molecule is CC(C)N1CCC(C2(C)CNC(=O)CO2)C1. The molecule has 2 unspecified atom stereocenters. The van der Waals surface area contributed by atoms with Crippen molar-refractivity contribution in [2.75, 3.05) is 26.2 Å². The van der Waals surface area contributed by atoms with Gasteiger partial charge in [-0.25, -0.2) is 0 Å². The van der Waals surface area contributed by atoms with Gasteiger partial charge in [-0.3, -0.25) is 4.79 Å². The van der Waals surface area contributed by atoms with Gasteiger partial charge in [0.25, 0.3) is 0 Å². The van der Waals surface area contributed by atoms with Crippen molar-refractivity contribution in [2.24, 2.45) is 5.92 Å². The first-order valence-electron chi connectivity index (χ1n) is 6.16. The molecule has 2 heterocycles. The molecule has 1 amide bonds. The Morgan fingerprint density at radius 3 is 2.81 bits per heavy atom. The van der Waals surface area contributed by atoms with E-state index < -0.39 is 0 Å². The molecule has 2 saturated heterocycles. The van der Waals surface area contributed by atoms with Gasteiger partial charge in [0.15, 0.2) is 0 Å². The summed E-state index contributed by atoms with van der Waals surface area (Å²) in [4.78, 5) is 13.6. The van der Waals surface area contributed by atoms with Crippen molar-refractivity contribution < 1.29 is 9.53 Å². The van der Waals surface area contributed by atoms with E-state index >= 15 is 0 Å². The maximum Gasteiger partial charge on any atom is 0.246 e. The number of hydrogen-bond acceptors (Lipinski definition) is 3. The molecule has 2 fully saturated rings. The minimum absolute atomic E-state index is 0.0104. The molecular formula is C12H22N2O2. The number of carbonyl (C=O) groups is 1. The molecule has 0 bridgehead atoms. The molecule has 4 heteroatoms. The van der Waals surface area contributed by atoms with Crippen LogP contribution in [0.15, 0.2) is 0 Å². The first-order chi connectivity index (χ1) is 7.51. The van der Waals surface area contributed by atoms with Crippen LogP contribution in [0.5, 0.6) is 0 Å². The summed E-state index contributed by atoms with van der Waals surface area (Å²) in [6.45, 7) is 9.69. The van der Waals surface area contributed by atoms with Crippen LogP contribution in [0.2, 0.25) is 0 Å². The van der Waals surface area contributed by atoms with E-state index in [-0.39, 0.29) is 18.1 Å². The Kier molecular flexibility index (Phi) is 3.22. The molecular weight excluding hydrogens is 204 g/mol. The Bertz CT molecular complexity index is 268. The van der Waals surface area contributed by atoms with Gasteiger partial charge >= 0.3 is 0 Å². The Hall–Kier alpha value is -0.610. The monoisotopic (exact) mass is 226 g/mol. The lowest BCUT2D eigenvalue weighted by Gasteiger charge is -2.39. The Morgan fingerprint density at radius 2 is 2.31 bits per heavy atom. The molecule has 4 nitrogen and oxygen atoms in total. The highest BCUT2D eigenvalue weighted by Crippen LogP contribution is 2.32. The zero-order valence-corrected chi connectivity index (χ0v) is 10.5. The van der Waals surface area contributed by atoms with E-state index in [1.54, 1.807) is 0 Å². The Morgan fingerprint density at radius 1 is 1.56 bits per heavy atom. The van der Waals surface area contributed by atoms with Crippen LogP contribution < -0.4 is 5.32 Å². The van der Waals surface area contributed by atoms with Crippen molar-refractivity contribution >= 4 is 5.91 Å². The van der Waals surface area contributed by atoms with Crippen LogP contribution in [0, 0.1) is 5.92 Å². The molecule has 92 valence electrons. The topological polar surface area (TPSA) is 41.6 Å². The van der Waals surface area contributed by atoms with Crippen molar-refractivity contribution in [1.29, 1.82) is 0 Å². The van der Waals surface area contributed by atoms with E-state index in [1.807, 2.05) is 0 Å². The summed E-state index contributed by atoms with van der Waals surface area (Å²) < 4.78 is 5.75. The summed E-state index contributed by atoms with van der Waals surface area (Å²) in [5.41, 5.74) is -0.169. The Balaban J connectivity index is 1.95. The number of morpholine rings is 1. The summed E-state index contributed by atoms with van der Waals surface area (Å²) in [5, 5.41) is 2.91. The fourth-order valence-electron chi connectivity index (χ4n) is 2.62. The molecule has 0 radical (unpaired) electrons. The number of carbonyl (C=O) groups excluding carboxylic acids is 1. The minimum Gasteiger partial charge on any atom is -0.363 e. The standard InChI is InChI=1S/C12H22N2O2/c1-9(2)14-5-4-10(6-14)12(3)8-13-11(15)7-16-12/h9-10H,4-8H2,1-3H3,(H,13,15). The summed E-state index contributed by atoms with van der Waals surface area (Å²) in [6, 6.07) is 0.604. The van der Waals surface area contributed by atoms with Crippen molar-refractivity contribution in [3.05, 3.63) is 0 Å². The van der Waals surface area contributed by atoms with Crippen molar-refractivity contribution in [2.45, 2.75) is 38.8 Å². The highest BCUT2D eigenvalue weighted by atomic mass is 16.5. The second-order valence-corrected chi connectivity index (χ2v) is 5.45. The number of nitrogens with one attached hydrogen (secondary N) is 1. The second-order valence-electron chi connectivity index (χ2n) is 5.45. The number of nitrogens with zero attached hydrogens (tertiary/aromatic N) is 1. The summed E-state index contributed by atoms with van der Waals surface area (Å²) >= 11 is 0. The van der Waals surface area contributed by atoms with Crippen molar-refractivity contribution in [1.82, 2.24) is 10.2 Å². The quantitative estimate of drug-likeness (QED) is 0.750. The van der Waals surface area contributed by atoms with Crippen LogP contribution in [0.1, 0.15) is 27.2 Å². The lowest BCUT2D eigenvalue weighted by atomic mass is 9.87. The summed E-state index contributed by atoms with van der Waals surface area (Å²) in [7, 11) is 0. The molecule has 0 aromatic carbocycles. The molecule has 2 aliphatic heterocycles. The van der Waals surface area contributed by atoms with Crippen LogP contribution in [0.25, 0.3) is 0 Å². The number of amides is 1. The molecule has 0 aromatic heterocycles. The van der Waals surface area contributed by atoms with E-state index in [4.69, 9.17) is 4.74 Å². The molecule has 2 atom stereocenters. The zero-order valence-electron chi connectivity index (χ0n) is 10.5. The highest BCUT2D eigenvalue weighted by Gasteiger charge is 2.42. The van der Waals surface area contributed by atoms with E-state index in [0.29, 0.717) is 18.5 Å². The van der Waals surface area contributed by atoms with Crippen LogP contribution in [-0.2, 0) is 9.53 Å². The molecule has 0 aliphatic carbocycles. The lowest BCUT2D eigenvalue weighted by molar-refractivity contribution is -0.148. The molecule has 0 saturated carbocycles. The number of rotatable bonds is 2. The largest absolute Gasteiger partial charge is 0.363 e. The van der Waals surface area contributed by atoms with Gasteiger partial charge in [0.2, 0.25) is 5.91 Å². The minimum atomic E-state index is -0.169. The van der Waals surface area contributed by atoms with Crippen molar-refractivity contribution in [3.63, 3.8) is 0 Å². The molecule has 2 aliphatic rings. The first-order valence-corrected chi connectivity index (χ1v) is 6.16. The van der Waals surface area contributed by atoms with Gasteiger partial charge in [0.05, 0.1) is 5.60 Å². The van der Waals surface area contributed by atoms with Gasteiger partial charge < -0.3 is 15.0 Å². The zero-order chi connectivity index (χ0) is 11.8. The number of likely N-dealkylation sites (tertiary alicyclic amines) is 1. The molecule has 2 rings (SSSR count). The van der Waals surface area contributed by atoms with Crippen LogP contribution >= 0.6 is 0 Å². The van der Waals surface area contributed by atoms with Gasteiger partial charge in [-0.2, -0.15) is 0 Å². The molecule has 0 spiro atoms. The third kappa shape index (κ3) is 2.23. The maximum absolute atomic E-state index is 11.1. The Labute approximate surface area is 97.3 Å². The fourth-order valence-corrected chi connectivity index (χ4v) is 2.62. The van der Waals surface area contributed by atoms with E-state index in [1.165, 1.54) is 6.42 Å². The smallest absolute Gasteiger partial charge is 0.246 e. The van der Waals surface area contributed by atoms with Crippen LogP contribution in [0.3, 0.4) is 0 Å². The average Bonchev–Trinajstić information content (AvgIpc) is 2.72. The van der Waals surface area contributed by atoms with E-state index in [9.17, 15) is 4.79 Å². The van der Waals surface area contributed by atoms with E-state index in [2.05, 4.69) is 31.0 Å². The second kappa shape index (κ2) is 4.34. The predicted octanol–water partition coefficient (Wildman–Crippen LogP) is 0.622. The van der Waals surface area contributed by atoms with Gasteiger partial charge in [-0.15, -0.1) is 0 Å². The third-order valence-electron chi connectivity index (χ3n) is 3.98. The van der Waals surface area contributed by atoms with Gasteiger partial charge in [0.1, 0.15) is 6.61 Å². The molecule has 0 aromatic rings. The fraction of sp³-hybridized carbons (Fsp3) is 0.917. The van der Waals surface area contributed by atoms with E-state index in [0.717, 1.165) is 13.1 Å². The van der Waals surface area contributed by atoms with Gasteiger partial charge in [-0.05, 0) is 33.7 Å². The lowest BCUT2D eigenvalue weighted by Crippen LogP contribution is -2.55. The molecule has 16 heavy (non-hydrogen) atoms. The van der Waals surface area contributed by atoms with Gasteiger partial charge in [-0.1, -0.05) is 0 Å². The van der Waals surface area contributed by atoms with Crippen LogP contribution in [0.4, 0.5) is 0 Å². The number of hydrogen-bond donors (Lipinski definition) is 1. The highest BCUT2D eigenvalue weighted by molar-refractivity contribution is 5.78. The average molecular weight is 226 g/mol. The van der Waals surface area contributed by atoms with Gasteiger partial charge in [0, 0.05) is 25.0 Å².